The molecular formula is C12H20N4O2. The van der Waals surface area contributed by atoms with E-state index in [0.717, 1.165) is 12.0 Å². The van der Waals surface area contributed by atoms with Gasteiger partial charge in [-0.15, -0.1) is 0 Å². The fourth-order valence-electron chi connectivity index (χ4n) is 2.05. The summed E-state index contributed by atoms with van der Waals surface area (Å²) in [6.07, 6.45) is 4.59. The van der Waals surface area contributed by atoms with Crippen molar-refractivity contribution in [2.75, 3.05) is 26.3 Å². The van der Waals surface area contributed by atoms with E-state index in [0.29, 0.717) is 26.3 Å². The van der Waals surface area contributed by atoms with Crippen molar-refractivity contribution in [3.05, 3.63) is 18.0 Å². The van der Waals surface area contributed by atoms with Crippen LogP contribution in [0, 0.1) is 0 Å². The monoisotopic (exact) mass is 252 g/mol. The molecule has 0 radical (unpaired) electrons. The second kappa shape index (κ2) is 5.86. The van der Waals surface area contributed by atoms with E-state index in [-0.39, 0.29) is 12.1 Å². The molecule has 1 N–H and O–H groups in total. The minimum Gasteiger partial charge on any atom is -0.377 e. The van der Waals surface area contributed by atoms with Crippen molar-refractivity contribution < 1.29 is 9.53 Å². The molecule has 1 saturated heterocycles. The first-order valence-electron chi connectivity index (χ1n) is 6.26. The minimum absolute atomic E-state index is 0.00492. The van der Waals surface area contributed by atoms with E-state index in [2.05, 4.69) is 10.4 Å². The molecule has 0 spiro atoms. The number of rotatable bonds is 3. The van der Waals surface area contributed by atoms with Crippen molar-refractivity contribution in [3.63, 3.8) is 0 Å². The van der Waals surface area contributed by atoms with Crippen LogP contribution < -0.4 is 5.32 Å². The number of aromatic nitrogens is 2. The molecular weight excluding hydrogens is 232 g/mol. The molecule has 2 heterocycles. The predicted molar refractivity (Wildman–Crippen MR) is 67.3 cm³/mol. The van der Waals surface area contributed by atoms with Crippen molar-refractivity contribution >= 4 is 6.03 Å². The van der Waals surface area contributed by atoms with Gasteiger partial charge in [0.25, 0.3) is 0 Å². The number of nitrogens with one attached hydrogen (secondary N) is 1. The highest BCUT2D eigenvalue weighted by molar-refractivity contribution is 5.74. The predicted octanol–water partition coefficient (Wildman–Crippen LogP) is 0.393. The van der Waals surface area contributed by atoms with Gasteiger partial charge in [0.1, 0.15) is 0 Å². The van der Waals surface area contributed by atoms with E-state index in [1.54, 1.807) is 4.68 Å². The molecule has 6 nitrogen and oxygen atoms in total. The summed E-state index contributed by atoms with van der Waals surface area (Å²) in [5.41, 5.74) is 1.13. The molecule has 100 valence electrons. The molecule has 0 aromatic carbocycles. The lowest BCUT2D eigenvalue weighted by atomic mass is 10.2. The molecule has 0 bridgehead atoms. The van der Waals surface area contributed by atoms with Crippen LogP contribution in [0.2, 0.25) is 0 Å². The number of carbonyl (C=O) groups is 1. The molecule has 1 atom stereocenters. The standard InChI is InChI=1S/C12H20N4O2/c1-10-9-18-6-5-16(10)12(17)13-4-3-11-7-14-15(2)8-11/h7-8,10H,3-6,9H2,1-2H3,(H,13,17)/t10-/m1/s1. The average Bonchev–Trinajstić information content (AvgIpc) is 2.75. The second-order valence-electron chi connectivity index (χ2n) is 4.62. The third-order valence-corrected chi connectivity index (χ3v) is 3.08. The fraction of sp³-hybridized carbons (Fsp3) is 0.667. The zero-order valence-corrected chi connectivity index (χ0v) is 10.9. The maximum atomic E-state index is 11.9. The maximum absolute atomic E-state index is 11.9. The normalized spacial score (nSPS) is 19.9. The van der Waals surface area contributed by atoms with Crippen molar-refractivity contribution in [2.24, 2.45) is 7.05 Å². The Kier molecular flexibility index (Phi) is 4.19. The van der Waals surface area contributed by atoms with E-state index in [1.165, 1.54) is 0 Å². The topological polar surface area (TPSA) is 59.4 Å². The van der Waals surface area contributed by atoms with Gasteiger partial charge in [-0.2, -0.15) is 5.10 Å². The largest absolute Gasteiger partial charge is 0.377 e. The first kappa shape index (κ1) is 12.9. The molecule has 0 unspecified atom stereocenters. The molecule has 6 heteroatoms. The van der Waals surface area contributed by atoms with Crippen molar-refractivity contribution in [3.8, 4) is 0 Å². The summed E-state index contributed by atoms with van der Waals surface area (Å²) in [6, 6.07) is 0.145. The smallest absolute Gasteiger partial charge is 0.317 e. The van der Waals surface area contributed by atoms with Gasteiger partial charge in [0.05, 0.1) is 25.5 Å². The Morgan fingerprint density at radius 3 is 3.17 bits per heavy atom. The number of aryl methyl sites for hydroxylation is 1. The highest BCUT2D eigenvalue weighted by Gasteiger charge is 2.23. The number of morpholine rings is 1. The van der Waals surface area contributed by atoms with Crippen LogP contribution in [0.1, 0.15) is 12.5 Å². The number of nitrogens with zero attached hydrogens (tertiary/aromatic N) is 3. The lowest BCUT2D eigenvalue weighted by Gasteiger charge is -2.33. The Balaban J connectivity index is 1.74. The maximum Gasteiger partial charge on any atom is 0.317 e. The summed E-state index contributed by atoms with van der Waals surface area (Å²) in [5.74, 6) is 0. The van der Waals surface area contributed by atoms with Gasteiger partial charge in [-0.1, -0.05) is 0 Å². The van der Waals surface area contributed by atoms with Gasteiger partial charge in [-0.05, 0) is 18.9 Å². The van der Waals surface area contributed by atoms with E-state index in [1.807, 2.05) is 31.3 Å². The van der Waals surface area contributed by atoms with Gasteiger partial charge < -0.3 is 15.0 Å². The minimum atomic E-state index is -0.00492. The molecule has 1 aliphatic heterocycles. The molecule has 1 aromatic heterocycles. The third-order valence-electron chi connectivity index (χ3n) is 3.08. The molecule has 1 aromatic rings. The van der Waals surface area contributed by atoms with Gasteiger partial charge in [0.2, 0.25) is 0 Å². The first-order valence-corrected chi connectivity index (χ1v) is 6.26. The van der Waals surface area contributed by atoms with Crippen LogP contribution in [0.3, 0.4) is 0 Å². The Morgan fingerprint density at radius 1 is 1.67 bits per heavy atom. The number of ether oxygens (including phenoxy) is 1. The highest BCUT2D eigenvalue weighted by atomic mass is 16.5. The highest BCUT2D eigenvalue weighted by Crippen LogP contribution is 2.06. The molecule has 2 rings (SSSR count). The fourth-order valence-corrected chi connectivity index (χ4v) is 2.05. The third kappa shape index (κ3) is 3.22. The van der Waals surface area contributed by atoms with Crippen LogP contribution in [-0.4, -0.2) is 53.1 Å². The first-order chi connectivity index (χ1) is 8.66. The Hall–Kier alpha value is -1.56. The van der Waals surface area contributed by atoms with Crippen LogP contribution in [-0.2, 0) is 18.2 Å². The summed E-state index contributed by atoms with van der Waals surface area (Å²) in [4.78, 5) is 13.8. The Labute approximate surface area is 107 Å². The molecule has 0 aliphatic carbocycles. The lowest BCUT2D eigenvalue weighted by Crippen LogP contribution is -2.51. The number of hydrogen-bond donors (Lipinski definition) is 1. The zero-order chi connectivity index (χ0) is 13.0. The van der Waals surface area contributed by atoms with E-state index in [4.69, 9.17) is 4.74 Å². The SMILES string of the molecule is C[C@@H]1COCCN1C(=O)NCCc1cnn(C)c1. The van der Waals surface area contributed by atoms with Crippen LogP contribution in [0.15, 0.2) is 12.4 Å². The quantitative estimate of drug-likeness (QED) is 0.846. The van der Waals surface area contributed by atoms with Gasteiger partial charge in [0, 0.05) is 26.3 Å². The van der Waals surface area contributed by atoms with Gasteiger partial charge in [-0.3, -0.25) is 4.68 Å². The molecule has 1 aliphatic rings. The summed E-state index contributed by atoms with van der Waals surface area (Å²) in [7, 11) is 1.89. The van der Waals surface area contributed by atoms with Crippen LogP contribution in [0.5, 0.6) is 0 Å². The summed E-state index contributed by atoms with van der Waals surface area (Å²) in [5, 5.41) is 7.03. The van der Waals surface area contributed by atoms with Crippen molar-refractivity contribution in [2.45, 2.75) is 19.4 Å². The average molecular weight is 252 g/mol. The number of amides is 2. The van der Waals surface area contributed by atoms with E-state index >= 15 is 0 Å². The summed E-state index contributed by atoms with van der Waals surface area (Å²) < 4.78 is 7.07. The van der Waals surface area contributed by atoms with E-state index in [9.17, 15) is 4.79 Å². The van der Waals surface area contributed by atoms with Crippen molar-refractivity contribution in [1.29, 1.82) is 0 Å². The van der Waals surface area contributed by atoms with Gasteiger partial charge >= 0.3 is 6.03 Å². The number of urea groups is 1. The number of carbonyl (C=O) groups excluding carboxylic acids is 1. The molecule has 1 fully saturated rings. The van der Waals surface area contributed by atoms with E-state index < -0.39 is 0 Å². The summed E-state index contributed by atoms with van der Waals surface area (Å²) >= 11 is 0. The second-order valence-corrected chi connectivity index (χ2v) is 4.62. The molecule has 18 heavy (non-hydrogen) atoms. The van der Waals surface area contributed by atoms with Gasteiger partial charge in [-0.25, -0.2) is 4.79 Å². The Bertz CT molecular complexity index is 405. The van der Waals surface area contributed by atoms with Gasteiger partial charge in [0.15, 0.2) is 0 Å². The lowest BCUT2D eigenvalue weighted by molar-refractivity contribution is 0.0191. The van der Waals surface area contributed by atoms with Crippen molar-refractivity contribution in [1.82, 2.24) is 20.0 Å². The number of hydrogen-bond acceptors (Lipinski definition) is 3. The molecule has 2 amide bonds. The molecule has 0 saturated carbocycles. The zero-order valence-electron chi connectivity index (χ0n) is 10.9. The van der Waals surface area contributed by atoms with Crippen LogP contribution in [0.25, 0.3) is 0 Å². The summed E-state index contributed by atoms with van der Waals surface area (Å²) in [6.45, 7) is 4.55. The van der Waals surface area contributed by atoms with Crippen LogP contribution in [0.4, 0.5) is 4.79 Å². The van der Waals surface area contributed by atoms with Crippen LogP contribution >= 0.6 is 0 Å². The Morgan fingerprint density at radius 2 is 2.50 bits per heavy atom.